The van der Waals surface area contributed by atoms with Gasteiger partial charge in [-0.1, -0.05) is 50.7 Å². The maximum Gasteiger partial charge on any atom is 0.240 e. The summed E-state index contributed by atoms with van der Waals surface area (Å²) in [5.74, 6) is 6.92. The molecule has 0 saturated carbocycles. The second-order valence-corrected chi connectivity index (χ2v) is 8.88. The highest BCUT2D eigenvalue weighted by atomic mass is 32.2. The van der Waals surface area contributed by atoms with Crippen molar-refractivity contribution in [1.29, 1.82) is 0 Å². The Labute approximate surface area is 152 Å². The smallest absolute Gasteiger partial charge is 0.240 e. The molecule has 1 aliphatic heterocycles. The summed E-state index contributed by atoms with van der Waals surface area (Å²) in [5, 5.41) is 8.63. The first-order valence-electron chi connectivity index (χ1n) is 8.48. The lowest BCUT2D eigenvalue weighted by atomic mass is 9.96. The second kappa shape index (κ2) is 6.37. The van der Waals surface area contributed by atoms with Crippen LogP contribution in [0.25, 0.3) is 0 Å². The van der Waals surface area contributed by atoms with E-state index in [1.54, 1.807) is 0 Å². The van der Waals surface area contributed by atoms with Gasteiger partial charge in [0, 0.05) is 17.1 Å². The fourth-order valence-corrected chi connectivity index (χ4v) is 3.99. The number of hydrogen-bond acceptors (Lipinski definition) is 5. The number of nitrogens with two attached hydrogens (primary N) is 1. The first-order chi connectivity index (χ1) is 11.7. The molecule has 2 heterocycles. The zero-order valence-corrected chi connectivity index (χ0v) is 16.2. The van der Waals surface area contributed by atoms with E-state index in [1.165, 1.54) is 22.0 Å². The van der Waals surface area contributed by atoms with Gasteiger partial charge in [-0.05, 0) is 31.9 Å². The standard InChI is InChI=1S/C18H25N5OS/c1-11-10-13-8-6-7-9-14(13)22(11)15(24)12(2)25-17-21-20-16(23(17)19)18(3,4)5/h6-9,11-12H,10,19H2,1-5H3. The van der Waals surface area contributed by atoms with Gasteiger partial charge in [-0.3, -0.25) is 4.79 Å². The van der Waals surface area contributed by atoms with Gasteiger partial charge < -0.3 is 10.7 Å². The number of thioether (sulfide) groups is 1. The highest BCUT2D eigenvalue weighted by molar-refractivity contribution is 8.00. The van der Waals surface area contributed by atoms with Crippen molar-refractivity contribution in [2.75, 3.05) is 10.7 Å². The molecule has 3 rings (SSSR count). The van der Waals surface area contributed by atoms with E-state index in [0.717, 1.165) is 12.1 Å². The molecule has 0 radical (unpaired) electrons. The van der Waals surface area contributed by atoms with Crippen LogP contribution < -0.4 is 10.7 Å². The number of carbonyl (C=O) groups is 1. The largest absolute Gasteiger partial charge is 0.336 e. The zero-order chi connectivity index (χ0) is 18.4. The topological polar surface area (TPSA) is 77.0 Å². The molecule has 0 saturated heterocycles. The van der Waals surface area contributed by atoms with E-state index in [2.05, 4.69) is 23.2 Å². The first kappa shape index (κ1) is 17.8. The Morgan fingerprint density at radius 2 is 2.00 bits per heavy atom. The molecule has 2 N–H and O–H groups in total. The number of aromatic nitrogens is 3. The van der Waals surface area contributed by atoms with Crippen molar-refractivity contribution >= 4 is 23.4 Å². The van der Waals surface area contributed by atoms with Crippen molar-refractivity contribution in [1.82, 2.24) is 14.9 Å². The van der Waals surface area contributed by atoms with Crippen LogP contribution in [0, 0.1) is 0 Å². The Hall–Kier alpha value is -2.02. The number of para-hydroxylation sites is 1. The average molecular weight is 359 g/mol. The molecule has 1 amide bonds. The van der Waals surface area contributed by atoms with Crippen LogP contribution in [0.5, 0.6) is 0 Å². The Balaban J connectivity index is 1.79. The summed E-state index contributed by atoms with van der Waals surface area (Å²) in [6.07, 6.45) is 0.889. The van der Waals surface area contributed by atoms with Crippen molar-refractivity contribution < 1.29 is 4.79 Å². The quantitative estimate of drug-likeness (QED) is 0.673. The summed E-state index contributed by atoms with van der Waals surface area (Å²) >= 11 is 1.35. The predicted octanol–water partition coefficient (Wildman–Crippen LogP) is 2.75. The fraction of sp³-hybridized carbons (Fsp3) is 0.500. The minimum Gasteiger partial charge on any atom is -0.336 e. The molecule has 0 bridgehead atoms. The molecule has 6 nitrogen and oxygen atoms in total. The molecular weight excluding hydrogens is 334 g/mol. The first-order valence-corrected chi connectivity index (χ1v) is 9.36. The molecule has 1 aromatic heterocycles. The maximum atomic E-state index is 13.0. The molecule has 134 valence electrons. The molecule has 7 heteroatoms. The van der Waals surface area contributed by atoms with Crippen molar-refractivity contribution in [3.05, 3.63) is 35.7 Å². The minimum atomic E-state index is -0.298. The summed E-state index contributed by atoms with van der Waals surface area (Å²) in [4.78, 5) is 14.9. The SMILES string of the molecule is CC(Sc1nnc(C(C)(C)C)n1N)C(=O)N1c2ccccc2CC1C. The normalized spacial score (nSPS) is 18.3. The van der Waals surface area contributed by atoms with Crippen molar-refractivity contribution in [3.8, 4) is 0 Å². The molecular formula is C18H25N5OS. The fourth-order valence-electron chi connectivity index (χ4n) is 3.17. The number of amides is 1. The Kier molecular flexibility index (Phi) is 4.53. The number of nitrogen functional groups attached to an aromatic ring is 1. The molecule has 1 aliphatic rings. The monoisotopic (exact) mass is 359 g/mol. The summed E-state index contributed by atoms with van der Waals surface area (Å²) < 4.78 is 1.50. The van der Waals surface area contributed by atoms with Gasteiger partial charge in [0.1, 0.15) is 0 Å². The van der Waals surface area contributed by atoms with Crippen LogP contribution in [0.3, 0.4) is 0 Å². The van der Waals surface area contributed by atoms with Crippen molar-refractivity contribution in [2.45, 2.75) is 62.9 Å². The van der Waals surface area contributed by atoms with Gasteiger partial charge in [-0.25, -0.2) is 4.68 Å². The third kappa shape index (κ3) is 3.25. The van der Waals surface area contributed by atoms with Crippen LogP contribution >= 0.6 is 11.8 Å². The van der Waals surface area contributed by atoms with E-state index in [4.69, 9.17) is 5.84 Å². The number of anilines is 1. The lowest BCUT2D eigenvalue weighted by molar-refractivity contribution is -0.118. The number of benzene rings is 1. The molecule has 1 aromatic carbocycles. The third-order valence-corrected chi connectivity index (χ3v) is 5.45. The second-order valence-electron chi connectivity index (χ2n) is 7.58. The summed E-state index contributed by atoms with van der Waals surface area (Å²) in [7, 11) is 0. The number of nitrogens with zero attached hydrogens (tertiary/aromatic N) is 4. The van der Waals surface area contributed by atoms with E-state index in [1.807, 2.05) is 50.8 Å². The van der Waals surface area contributed by atoms with Crippen molar-refractivity contribution in [3.63, 3.8) is 0 Å². The predicted molar refractivity (Wildman–Crippen MR) is 101 cm³/mol. The van der Waals surface area contributed by atoms with E-state index in [-0.39, 0.29) is 22.6 Å². The molecule has 0 spiro atoms. The Bertz CT molecular complexity index is 795. The molecule has 2 aromatic rings. The lowest BCUT2D eigenvalue weighted by Gasteiger charge is -2.25. The summed E-state index contributed by atoms with van der Waals surface area (Å²) in [6, 6.07) is 8.25. The molecule has 2 unspecified atom stereocenters. The van der Waals surface area contributed by atoms with Crippen LogP contribution in [0.2, 0.25) is 0 Å². The number of hydrogen-bond donors (Lipinski definition) is 1. The summed E-state index contributed by atoms with van der Waals surface area (Å²) in [5.41, 5.74) is 2.03. The van der Waals surface area contributed by atoms with Gasteiger partial charge in [0.05, 0.1) is 5.25 Å². The molecule has 0 aliphatic carbocycles. The number of fused-ring (bicyclic) bond motifs is 1. The molecule has 25 heavy (non-hydrogen) atoms. The van der Waals surface area contributed by atoms with E-state index in [0.29, 0.717) is 11.0 Å². The third-order valence-electron chi connectivity index (χ3n) is 4.41. The average Bonchev–Trinajstić information content (AvgIpc) is 3.06. The van der Waals surface area contributed by atoms with Crippen LogP contribution in [-0.2, 0) is 16.6 Å². The van der Waals surface area contributed by atoms with Gasteiger partial charge >= 0.3 is 0 Å². The van der Waals surface area contributed by atoms with Crippen LogP contribution in [-0.4, -0.2) is 32.1 Å². The van der Waals surface area contributed by atoms with Gasteiger partial charge in [0.25, 0.3) is 0 Å². The lowest BCUT2D eigenvalue weighted by Crippen LogP contribution is -2.40. The zero-order valence-electron chi connectivity index (χ0n) is 15.4. The van der Waals surface area contributed by atoms with Gasteiger partial charge in [0.2, 0.25) is 11.1 Å². The summed E-state index contributed by atoms with van der Waals surface area (Å²) in [6.45, 7) is 10.1. The highest BCUT2D eigenvalue weighted by Gasteiger charge is 2.34. The molecule has 2 atom stereocenters. The Morgan fingerprint density at radius 3 is 2.64 bits per heavy atom. The van der Waals surface area contributed by atoms with E-state index >= 15 is 0 Å². The number of rotatable bonds is 3. The van der Waals surface area contributed by atoms with Crippen LogP contribution in [0.4, 0.5) is 5.69 Å². The molecule has 0 fully saturated rings. The minimum absolute atomic E-state index is 0.0720. The van der Waals surface area contributed by atoms with Crippen LogP contribution in [0.15, 0.2) is 29.4 Å². The maximum absolute atomic E-state index is 13.0. The van der Waals surface area contributed by atoms with Gasteiger partial charge in [-0.15, -0.1) is 10.2 Å². The van der Waals surface area contributed by atoms with Crippen molar-refractivity contribution in [2.24, 2.45) is 0 Å². The Morgan fingerprint density at radius 1 is 1.32 bits per heavy atom. The van der Waals surface area contributed by atoms with Crippen LogP contribution in [0.1, 0.15) is 46.0 Å². The van der Waals surface area contributed by atoms with E-state index < -0.39 is 0 Å². The van der Waals surface area contributed by atoms with Gasteiger partial charge in [0.15, 0.2) is 5.82 Å². The van der Waals surface area contributed by atoms with E-state index in [9.17, 15) is 4.79 Å². The number of carbonyl (C=O) groups excluding carboxylic acids is 1. The van der Waals surface area contributed by atoms with Gasteiger partial charge in [-0.2, -0.15) is 0 Å². The highest BCUT2D eigenvalue weighted by Crippen LogP contribution is 2.34.